The Labute approximate surface area is 184 Å². The Kier molecular flexibility index (Phi) is 6.82. The normalized spacial score (nSPS) is 18.7. The zero-order valence-electron chi connectivity index (χ0n) is 18.1. The molecule has 5 nitrogen and oxygen atoms in total. The monoisotopic (exact) mass is 417 g/mol. The van der Waals surface area contributed by atoms with Crippen molar-refractivity contribution in [2.24, 2.45) is 11.7 Å². The summed E-state index contributed by atoms with van der Waals surface area (Å²) in [4.78, 5) is 15.4. The molecule has 162 valence electrons. The molecule has 1 aliphatic carbocycles. The fraction of sp³-hybridized carbons (Fsp3) is 0.385. The van der Waals surface area contributed by atoms with Crippen LogP contribution in [-0.2, 0) is 6.54 Å². The average Bonchev–Trinajstić information content (AvgIpc) is 2.80. The lowest BCUT2D eigenvalue weighted by Gasteiger charge is -2.29. The Bertz CT molecular complexity index is 1020. The molecule has 0 bridgehead atoms. The number of pyridine rings is 1. The number of nitrogens with zero attached hydrogens (tertiary/aromatic N) is 1. The van der Waals surface area contributed by atoms with Gasteiger partial charge in [0.15, 0.2) is 0 Å². The lowest BCUT2D eigenvalue weighted by molar-refractivity contribution is 0.1000. The van der Waals surface area contributed by atoms with Crippen LogP contribution in [0.25, 0.3) is 10.8 Å². The van der Waals surface area contributed by atoms with Crippen LogP contribution < -0.4 is 15.8 Å². The van der Waals surface area contributed by atoms with Crippen molar-refractivity contribution in [2.45, 2.75) is 58.0 Å². The van der Waals surface area contributed by atoms with Crippen LogP contribution in [0, 0.1) is 5.92 Å². The van der Waals surface area contributed by atoms with E-state index in [2.05, 4.69) is 41.5 Å². The number of carbonyl (C=O) groups excluding carboxylic acids is 1. The van der Waals surface area contributed by atoms with E-state index in [1.54, 1.807) is 12.1 Å². The summed E-state index contributed by atoms with van der Waals surface area (Å²) in [5, 5.41) is 6.01. The van der Waals surface area contributed by atoms with Crippen molar-refractivity contribution < 1.29 is 9.53 Å². The van der Waals surface area contributed by atoms with Crippen molar-refractivity contribution >= 4 is 16.7 Å². The molecule has 3 aromatic rings. The highest BCUT2D eigenvalue weighted by molar-refractivity contribution is 5.92. The minimum atomic E-state index is -0.500. The Hall–Kier alpha value is -2.92. The van der Waals surface area contributed by atoms with Crippen LogP contribution in [0.1, 0.15) is 61.4 Å². The van der Waals surface area contributed by atoms with Crippen molar-refractivity contribution in [1.29, 1.82) is 0 Å². The zero-order valence-corrected chi connectivity index (χ0v) is 18.1. The number of benzene rings is 2. The van der Waals surface area contributed by atoms with Gasteiger partial charge in [-0.2, -0.15) is 0 Å². The van der Waals surface area contributed by atoms with Gasteiger partial charge < -0.3 is 15.8 Å². The molecule has 3 N–H and O–H groups in total. The molecule has 1 heterocycles. The Morgan fingerprint density at radius 2 is 1.84 bits per heavy atom. The fourth-order valence-corrected chi connectivity index (χ4v) is 4.59. The molecule has 1 fully saturated rings. The quantitative estimate of drug-likeness (QED) is 0.502. The number of hydrogen-bond acceptors (Lipinski definition) is 4. The molecule has 4 rings (SSSR count). The second-order valence-electron chi connectivity index (χ2n) is 8.51. The highest BCUT2D eigenvalue weighted by Gasteiger charge is 2.20. The summed E-state index contributed by atoms with van der Waals surface area (Å²) in [7, 11) is 0. The van der Waals surface area contributed by atoms with E-state index >= 15 is 0 Å². The van der Waals surface area contributed by atoms with E-state index in [4.69, 9.17) is 10.5 Å². The number of rotatable bonds is 8. The number of hydrogen-bond donors (Lipinski definition) is 2. The maximum Gasteiger partial charge on any atom is 0.250 e. The molecule has 0 spiro atoms. The molecule has 0 saturated heterocycles. The molecule has 0 aliphatic heterocycles. The minimum Gasteiger partial charge on any atom is -0.438 e. The van der Waals surface area contributed by atoms with Gasteiger partial charge in [0.05, 0.1) is 5.56 Å². The summed E-state index contributed by atoms with van der Waals surface area (Å²) in [6, 6.07) is 16.3. The third-order valence-electron chi connectivity index (χ3n) is 6.33. The summed E-state index contributed by atoms with van der Waals surface area (Å²) >= 11 is 0. The van der Waals surface area contributed by atoms with E-state index in [0.29, 0.717) is 17.5 Å². The number of carbonyl (C=O) groups is 1. The van der Waals surface area contributed by atoms with Crippen molar-refractivity contribution in [3.05, 3.63) is 65.9 Å². The first kappa shape index (κ1) is 21.3. The number of primary amides is 1. The smallest absolute Gasteiger partial charge is 0.250 e. The first-order valence-corrected chi connectivity index (χ1v) is 11.3. The molecular weight excluding hydrogens is 386 g/mol. The predicted octanol–water partition coefficient (Wildman–Crippen LogP) is 5.57. The van der Waals surface area contributed by atoms with Crippen LogP contribution in [0.3, 0.4) is 0 Å². The van der Waals surface area contributed by atoms with Gasteiger partial charge in [-0.15, -0.1) is 0 Å². The largest absolute Gasteiger partial charge is 0.438 e. The average molecular weight is 418 g/mol. The second kappa shape index (κ2) is 9.92. The van der Waals surface area contributed by atoms with Crippen molar-refractivity contribution in [3.63, 3.8) is 0 Å². The predicted molar refractivity (Wildman–Crippen MR) is 124 cm³/mol. The maximum atomic E-state index is 11.2. The van der Waals surface area contributed by atoms with Gasteiger partial charge >= 0.3 is 0 Å². The van der Waals surface area contributed by atoms with Crippen LogP contribution in [0.15, 0.2) is 54.7 Å². The molecule has 2 aromatic carbocycles. The van der Waals surface area contributed by atoms with Gasteiger partial charge in [0.25, 0.3) is 0 Å². The zero-order chi connectivity index (χ0) is 21.6. The van der Waals surface area contributed by atoms with E-state index in [1.165, 1.54) is 55.7 Å². The Morgan fingerprint density at radius 1 is 1.06 bits per heavy atom. The summed E-state index contributed by atoms with van der Waals surface area (Å²) in [5.41, 5.74) is 6.92. The number of fused-ring (bicyclic) bond motifs is 1. The third-order valence-corrected chi connectivity index (χ3v) is 6.33. The highest BCUT2D eigenvalue weighted by atomic mass is 16.5. The molecule has 0 radical (unpaired) electrons. The molecule has 0 atom stereocenters. The molecule has 1 aromatic heterocycles. The summed E-state index contributed by atoms with van der Waals surface area (Å²) in [6.07, 6.45) is 9.36. The first-order valence-electron chi connectivity index (χ1n) is 11.3. The second-order valence-corrected chi connectivity index (χ2v) is 8.51. The van der Waals surface area contributed by atoms with E-state index in [9.17, 15) is 4.79 Å². The molecular formula is C26H31N3O2. The Morgan fingerprint density at radius 3 is 2.52 bits per heavy atom. The van der Waals surface area contributed by atoms with Crippen LogP contribution in [0.5, 0.6) is 11.6 Å². The van der Waals surface area contributed by atoms with Crippen LogP contribution in [0.2, 0.25) is 0 Å². The molecule has 31 heavy (non-hydrogen) atoms. The molecule has 1 amide bonds. The van der Waals surface area contributed by atoms with Gasteiger partial charge in [-0.05, 0) is 54.7 Å². The standard InChI is InChI=1S/C26H31N3O2/c1-2-5-18-8-12-21(13-9-18)28-16-19-10-14-24(23-7-4-3-6-22(19)23)31-25-15-11-20(17-29-25)26(27)30/h3-4,6-7,10-11,14-15,17-18,21,28H,2,5,8-9,12-13,16H2,1H3,(H2,27,30). The Balaban J connectivity index is 1.46. The number of amides is 1. The number of aromatic nitrogens is 1. The summed E-state index contributed by atoms with van der Waals surface area (Å²) in [5.74, 6) is 1.61. The molecule has 1 aliphatic rings. The summed E-state index contributed by atoms with van der Waals surface area (Å²) < 4.78 is 6.03. The molecule has 0 unspecified atom stereocenters. The van der Waals surface area contributed by atoms with E-state index in [1.807, 2.05) is 12.1 Å². The van der Waals surface area contributed by atoms with Crippen molar-refractivity contribution in [3.8, 4) is 11.6 Å². The third kappa shape index (κ3) is 5.23. The lowest BCUT2D eigenvalue weighted by atomic mass is 9.83. The number of nitrogens with one attached hydrogen (secondary N) is 1. The SMILES string of the molecule is CCCC1CCC(NCc2ccc(Oc3ccc(C(N)=O)cn3)c3ccccc23)CC1. The molecule has 5 heteroatoms. The minimum absolute atomic E-state index is 0.363. The van der Waals surface area contributed by atoms with Crippen LogP contribution in [-0.4, -0.2) is 16.9 Å². The number of ether oxygens (including phenoxy) is 1. The molecule has 1 saturated carbocycles. The number of nitrogens with two attached hydrogens (primary N) is 1. The van der Waals surface area contributed by atoms with Crippen molar-refractivity contribution in [1.82, 2.24) is 10.3 Å². The van der Waals surface area contributed by atoms with Gasteiger partial charge in [-0.3, -0.25) is 4.79 Å². The van der Waals surface area contributed by atoms with Gasteiger partial charge in [-0.1, -0.05) is 50.1 Å². The first-order chi connectivity index (χ1) is 15.1. The van der Waals surface area contributed by atoms with Gasteiger partial charge in [0.1, 0.15) is 5.75 Å². The maximum absolute atomic E-state index is 11.2. The van der Waals surface area contributed by atoms with E-state index in [-0.39, 0.29) is 0 Å². The van der Waals surface area contributed by atoms with Gasteiger partial charge in [0.2, 0.25) is 11.8 Å². The fourth-order valence-electron chi connectivity index (χ4n) is 4.59. The van der Waals surface area contributed by atoms with E-state index in [0.717, 1.165) is 23.6 Å². The van der Waals surface area contributed by atoms with Gasteiger partial charge in [0, 0.05) is 30.2 Å². The van der Waals surface area contributed by atoms with E-state index < -0.39 is 5.91 Å². The lowest BCUT2D eigenvalue weighted by Crippen LogP contribution is -2.32. The summed E-state index contributed by atoms with van der Waals surface area (Å²) in [6.45, 7) is 3.14. The van der Waals surface area contributed by atoms with Crippen LogP contribution >= 0.6 is 0 Å². The highest BCUT2D eigenvalue weighted by Crippen LogP contribution is 2.32. The van der Waals surface area contributed by atoms with Crippen molar-refractivity contribution in [2.75, 3.05) is 0 Å². The topological polar surface area (TPSA) is 77.2 Å². The van der Waals surface area contributed by atoms with Gasteiger partial charge in [-0.25, -0.2) is 4.98 Å². The van der Waals surface area contributed by atoms with Crippen LogP contribution in [0.4, 0.5) is 0 Å².